The minimum atomic E-state index is -0.694. The van der Waals surface area contributed by atoms with Gasteiger partial charge in [0.1, 0.15) is 29.0 Å². The number of nitrogens with zero attached hydrogens (tertiary/aromatic N) is 7. The van der Waals surface area contributed by atoms with E-state index in [1.165, 1.54) is 32.2 Å². The first-order valence-electron chi connectivity index (χ1n) is 18.7. The molecular weight excluding hydrogens is 703 g/mol. The number of carbonyl (C=O) groups is 1. The normalized spacial score (nSPS) is 22.9. The highest BCUT2D eigenvalue weighted by molar-refractivity contribution is 6.36. The van der Waals surface area contributed by atoms with Crippen molar-refractivity contribution < 1.29 is 22.7 Å². The summed E-state index contributed by atoms with van der Waals surface area (Å²) in [6.45, 7) is 8.01. The van der Waals surface area contributed by atoms with E-state index in [-0.39, 0.29) is 34.2 Å². The minimum Gasteiger partial charge on any atom is -0.467 e. The monoisotopic (exact) mass is 751 g/mol. The summed E-state index contributed by atoms with van der Waals surface area (Å²) in [7, 11) is 5.36. The van der Waals surface area contributed by atoms with Gasteiger partial charge in [-0.1, -0.05) is 55.8 Å². The number of likely N-dealkylation sites (tertiary alicyclic amines) is 2. The third-order valence-corrected chi connectivity index (χ3v) is 11.2. The van der Waals surface area contributed by atoms with E-state index in [2.05, 4.69) is 31.8 Å². The number of anilines is 1. The first-order chi connectivity index (χ1) is 25.6. The summed E-state index contributed by atoms with van der Waals surface area (Å²) >= 11 is 6.32. The molecule has 1 amide bonds. The summed E-state index contributed by atoms with van der Waals surface area (Å²) < 4.78 is 48.6. The Labute approximate surface area is 314 Å². The van der Waals surface area contributed by atoms with E-state index in [0.29, 0.717) is 59.3 Å². The Hall–Kier alpha value is -4.00. The number of methoxy groups -OCH3 is 1. The topological polar surface area (TPSA) is 77.9 Å². The third kappa shape index (κ3) is 8.10. The molecule has 2 aromatic carbocycles. The molecule has 9 nitrogen and oxygen atoms in total. The number of amides is 1. The van der Waals surface area contributed by atoms with Crippen molar-refractivity contribution in [3.05, 3.63) is 65.3 Å². The van der Waals surface area contributed by atoms with E-state index < -0.39 is 17.8 Å². The van der Waals surface area contributed by atoms with Gasteiger partial charge in [0, 0.05) is 68.0 Å². The maximum absolute atomic E-state index is 16.2. The van der Waals surface area contributed by atoms with Crippen molar-refractivity contribution in [2.45, 2.75) is 76.7 Å². The molecule has 53 heavy (non-hydrogen) atoms. The van der Waals surface area contributed by atoms with E-state index in [9.17, 15) is 13.6 Å². The highest BCUT2D eigenvalue weighted by Crippen LogP contribution is 2.38. The summed E-state index contributed by atoms with van der Waals surface area (Å²) in [5, 5.41) is 1.32. The Bertz CT molecular complexity index is 1950. The van der Waals surface area contributed by atoms with E-state index in [4.69, 9.17) is 16.3 Å². The fourth-order valence-corrected chi connectivity index (χ4v) is 8.29. The summed E-state index contributed by atoms with van der Waals surface area (Å²) in [6.07, 6.45) is 10.9. The zero-order valence-electron chi connectivity index (χ0n) is 31.2. The highest BCUT2D eigenvalue weighted by Gasteiger charge is 2.35. The van der Waals surface area contributed by atoms with Crippen LogP contribution in [0.4, 0.5) is 19.0 Å². The lowest BCUT2D eigenvalue weighted by atomic mass is 10.0. The summed E-state index contributed by atoms with van der Waals surface area (Å²) in [5.74, 6) is -0.866. The van der Waals surface area contributed by atoms with Crippen molar-refractivity contribution >= 4 is 45.0 Å². The number of pyridine rings is 1. The number of fused-ring (bicyclic) bond motifs is 3. The summed E-state index contributed by atoms with van der Waals surface area (Å²) in [6, 6.07) is 8.90. The Morgan fingerprint density at radius 2 is 1.83 bits per heavy atom. The molecule has 0 N–H and O–H groups in total. The van der Waals surface area contributed by atoms with Gasteiger partial charge in [-0.05, 0) is 70.1 Å². The molecule has 4 aliphatic heterocycles. The second-order valence-corrected chi connectivity index (χ2v) is 14.4. The second-order valence-electron chi connectivity index (χ2n) is 14.0. The highest BCUT2D eigenvalue weighted by atomic mass is 35.5. The van der Waals surface area contributed by atoms with E-state index >= 15 is 4.39 Å². The maximum Gasteiger partial charge on any atom is 0.318 e. The van der Waals surface area contributed by atoms with Crippen LogP contribution in [0, 0.1) is 11.6 Å². The Balaban J connectivity index is 0.000000374. The molecule has 6 heterocycles. The molecule has 0 saturated carbocycles. The van der Waals surface area contributed by atoms with Gasteiger partial charge in [-0.3, -0.25) is 19.6 Å². The number of aromatic nitrogens is 3. The quantitative estimate of drug-likeness (QED) is 0.186. The van der Waals surface area contributed by atoms with Crippen LogP contribution in [0.2, 0.25) is 5.02 Å². The molecule has 13 heteroatoms. The van der Waals surface area contributed by atoms with Gasteiger partial charge < -0.3 is 14.5 Å². The largest absolute Gasteiger partial charge is 0.467 e. The number of hydrogen-bond acceptors (Lipinski definition) is 8. The molecule has 4 fully saturated rings. The molecule has 2 aromatic heterocycles. The minimum absolute atomic E-state index is 0.00283. The van der Waals surface area contributed by atoms with Gasteiger partial charge in [-0.25, -0.2) is 13.2 Å². The van der Waals surface area contributed by atoms with E-state index in [0.717, 1.165) is 38.8 Å². The first kappa shape index (κ1) is 38.7. The van der Waals surface area contributed by atoms with Crippen molar-refractivity contribution in [1.82, 2.24) is 29.7 Å². The summed E-state index contributed by atoms with van der Waals surface area (Å²) in [5.41, 5.74) is 0.366. The molecular formula is C40H49ClF3N7O2. The molecule has 284 valence electrons. The smallest absolute Gasteiger partial charge is 0.318 e. The number of alkyl halides is 1. The van der Waals surface area contributed by atoms with Gasteiger partial charge in [0.25, 0.3) is 0 Å². The molecule has 0 bridgehead atoms. The van der Waals surface area contributed by atoms with Gasteiger partial charge in [0.05, 0.1) is 17.5 Å². The van der Waals surface area contributed by atoms with Crippen LogP contribution in [0.25, 0.3) is 32.9 Å². The number of rotatable bonds is 6. The fraction of sp³-hybridized carbons (Fsp3) is 0.500. The van der Waals surface area contributed by atoms with Crippen molar-refractivity contribution in [1.29, 1.82) is 0 Å². The van der Waals surface area contributed by atoms with Crippen LogP contribution in [0.15, 0.2) is 48.7 Å². The van der Waals surface area contributed by atoms with Crippen LogP contribution < -0.4 is 9.64 Å². The molecule has 4 saturated heterocycles. The van der Waals surface area contributed by atoms with Crippen LogP contribution in [0.5, 0.6) is 6.01 Å². The zero-order valence-corrected chi connectivity index (χ0v) is 31.9. The number of benzene rings is 2. The van der Waals surface area contributed by atoms with Gasteiger partial charge >= 0.3 is 6.01 Å². The number of ether oxygens (including phenoxy) is 1. The first-order valence-corrected chi connectivity index (χ1v) is 19.1. The van der Waals surface area contributed by atoms with Gasteiger partial charge in [0.2, 0.25) is 5.91 Å². The molecule has 4 atom stereocenters. The van der Waals surface area contributed by atoms with Gasteiger partial charge in [0.15, 0.2) is 5.82 Å². The van der Waals surface area contributed by atoms with Gasteiger partial charge in [-0.15, -0.1) is 0 Å². The standard InChI is InChI=1S/C31H31ClF2N6O2.C7H12FN.C2H6/c1-38-14-5-7-19(38)10-12-24(41)40-15-13-20(17-40)39(2)30-22-16-35-28(27(34)29(22)36-31(37-30)42-3)21-8-4-6-18-9-11-23(33)26(32)25(18)21;8-6-4-7-2-1-3-9(7)5-6;1-2/h4,6,8-12,16,19-20H,5,7,13-15,17H2,1-3H3;6-7H,1-5H2;1-2H3/b12-10+;;. The lowest BCUT2D eigenvalue weighted by Crippen LogP contribution is -2.37. The van der Waals surface area contributed by atoms with E-state index in [1.807, 2.05) is 36.8 Å². The van der Waals surface area contributed by atoms with Gasteiger partial charge in [-0.2, -0.15) is 9.97 Å². The maximum atomic E-state index is 16.2. The molecule has 4 aromatic rings. The van der Waals surface area contributed by atoms with Crippen molar-refractivity contribution in [2.24, 2.45) is 0 Å². The molecule has 8 rings (SSSR count). The van der Waals surface area contributed by atoms with Crippen molar-refractivity contribution in [2.75, 3.05) is 58.8 Å². The lowest BCUT2D eigenvalue weighted by molar-refractivity contribution is -0.125. The Morgan fingerprint density at radius 1 is 1.04 bits per heavy atom. The SMILES string of the molecule is CC.COc1nc(N(C)C2CCN(C(=O)/C=C/C3CCCN3C)C2)c2cnc(-c3cccc4ccc(F)c(Cl)c34)c(F)c2n1.FC1CC2CCCN2C1. The van der Waals surface area contributed by atoms with Crippen molar-refractivity contribution in [3.8, 4) is 17.3 Å². The predicted molar refractivity (Wildman–Crippen MR) is 205 cm³/mol. The fourth-order valence-electron chi connectivity index (χ4n) is 8.01. The van der Waals surface area contributed by atoms with Crippen LogP contribution in [0.1, 0.15) is 52.4 Å². The number of halogens is 4. The average Bonchev–Trinajstić information content (AvgIpc) is 3.99. The molecule has 0 radical (unpaired) electrons. The van der Waals surface area contributed by atoms with Crippen LogP contribution in [0.3, 0.4) is 0 Å². The molecule has 4 unspecified atom stereocenters. The third-order valence-electron chi connectivity index (χ3n) is 10.9. The predicted octanol–water partition coefficient (Wildman–Crippen LogP) is 7.69. The molecule has 0 aliphatic carbocycles. The molecule has 0 spiro atoms. The van der Waals surface area contributed by atoms with Crippen LogP contribution in [-0.4, -0.2) is 114 Å². The van der Waals surface area contributed by atoms with Crippen LogP contribution >= 0.6 is 11.6 Å². The average molecular weight is 752 g/mol. The number of carbonyl (C=O) groups excluding carboxylic acids is 1. The number of hydrogen-bond donors (Lipinski definition) is 0. The lowest BCUT2D eigenvalue weighted by Gasteiger charge is -2.27. The number of likely N-dealkylation sites (N-methyl/N-ethyl adjacent to an activating group) is 2. The second kappa shape index (κ2) is 17.0. The van der Waals surface area contributed by atoms with E-state index in [1.54, 1.807) is 30.3 Å². The summed E-state index contributed by atoms with van der Waals surface area (Å²) in [4.78, 5) is 34.6. The Kier molecular flexibility index (Phi) is 12.4. The zero-order chi connectivity index (χ0) is 37.8. The van der Waals surface area contributed by atoms with Crippen molar-refractivity contribution in [3.63, 3.8) is 0 Å². The molecule has 4 aliphatic rings. The van der Waals surface area contributed by atoms with Crippen LogP contribution in [-0.2, 0) is 4.79 Å². The Morgan fingerprint density at radius 3 is 2.57 bits per heavy atom.